The fraction of sp³-hybridized carbons (Fsp3) is 0.333. The minimum atomic E-state index is 1.35. The van der Waals surface area contributed by atoms with E-state index in [4.69, 9.17) is 0 Å². The topological polar surface area (TPSA) is 0 Å². The SMILES string of the molecule is CC=Cc1c(C)cc(C)cc1C. The molecule has 0 nitrogen and oxygen atoms in total. The third kappa shape index (κ3) is 1.76. The van der Waals surface area contributed by atoms with Crippen LogP contribution in [0, 0.1) is 20.8 Å². The van der Waals surface area contributed by atoms with E-state index in [1.165, 1.54) is 22.3 Å². The number of benzene rings is 1. The van der Waals surface area contributed by atoms with Crippen molar-refractivity contribution < 1.29 is 0 Å². The third-order valence-electron chi connectivity index (χ3n) is 2.07. The van der Waals surface area contributed by atoms with Crippen molar-refractivity contribution in [1.82, 2.24) is 0 Å². The average molecular weight is 160 g/mol. The molecule has 0 saturated heterocycles. The highest BCUT2D eigenvalue weighted by molar-refractivity contribution is 5.58. The van der Waals surface area contributed by atoms with Gasteiger partial charge in [-0.3, -0.25) is 0 Å². The summed E-state index contributed by atoms with van der Waals surface area (Å²) in [7, 11) is 0. The Morgan fingerprint density at radius 2 is 1.50 bits per heavy atom. The van der Waals surface area contributed by atoms with Crippen LogP contribution >= 0.6 is 0 Å². The zero-order chi connectivity index (χ0) is 9.14. The van der Waals surface area contributed by atoms with Crippen LogP contribution in [0.5, 0.6) is 0 Å². The average Bonchev–Trinajstić information content (AvgIpc) is 1.96. The van der Waals surface area contributed by atoms with Gasteiger partial charge >= 0.3 is 0 Å². The number of hydrogen-bond donors (Lipinski definition) is 0. The maximum Gasteiger partial charge on any atom is -0.0201 e. The van der Waals surface area contributed by atoms with E-state index in [1.807, 2.05) is 0 Å². The molecule has 64 valence electrons. The van der Waals surface area contributed by atoms with Crippen molar-refractivity contribution in [2.45, 2.75) is 27.7 Å². The normalized spacial score (nSPS) is 11.0. The van der Waals surface area contributed by atoms with Crippen LogP contribution < -0.4 is 0 Å². The van der Waals surface area contributed by atoms with Crippen molar-refractivity contribution in [1.29, 1.82) is 0 Å². The molecule has 0 radical (unpaired) electrons. The highest BCUT2D eigenvalue weighted by Gasteiger charge is 1.98. The van der Waals surface area contributed by atoms with E-state index in [0.717, 1.165) is 0 Å². The summed E-state index contributed by atoms with van der Waals surface area (Å²) in [5, 5.41) is 0. The number of rotatable bonds is 1. The summed E-state index contributed by atoms with van der Waals surface area (Å²) >= 11 is 0. The molecule has 0 heterocycles. The zero-order valence-corrected chi connectivity index (χ0v) is 8.31. The number of allylic oxidation sites excluding steroid dienone is 1. The van der Waals surface area contributed by atoms with Gasteiger partial charge in [0.1, 0.15) is 0 Å². The molecule has 0 fully saturated rings. The first-order valence-corrected chi connectivity index (χ1v) is 4.35. The van der Waals surface area contributed by atoms with Gasteiger partial charge in [-0.15, -0.1) is 0 Å². The van der Waals surface area contributed by atoms with Gasteiger partial charge in [-0.2, -0.15) is 0 Å². The summed E-state index contributed by atoms with van der Waals surface area (Å²) < 4.78 is 0. The molecule has 0 aromatic heterocycles. The molecule has 1 aromatic carbocycles. The largest absolute Gasteiger partial charge is 0.0870 e. The second-order valence-corrected chi connectivity index (χ2v) is 3.31. The fourth-order valence-electron chi connectivity index (χ4n) is 1.62. The molecule has 0 atom stereocenters. The Morgan fingerprint density at radius 1 is 1.00 bits per heavy atom. The molecule has 0 unspecified atom stereocenters. The van der Waals surface area contributed by atoms with Crippen LogP contribution in [0.4, 0.5) is 0 Å². The summed E-state index contributed by atoms with van der Waals surface area (Å²) in [4.78, 5) is 0. The van der Waals surface area contributed by atoms with Crippen molar-refractivity contribution >= 4 is 6.08 Å². The van der Waals surface area contributed by atoms with E-state index in [1.54, 1.807) is 0 Å². The summed E-state index contributed by atoms with van der Waals surface area (Å²) in [6, 6.07) is 4.45. The molecule has 12 heavy (non-hydrogen) atoms. The van der Waals surface area contributed by atoms with Gasteiger partial charge in [0.25, 0.3) is 0 Å². The predicted octanol–water partition coefficient (Wildman–Crippen LogP) is 3.64. The van der Waals surface area contributed by atoms with Gasteiger partial charge in [-0.1, -0.05) is 29.8 Å². The van der Waals surface area contributed by atoms with Gasteiger partial charge in [0.05, 0.1) is 0 Å². The Labute approximate surface area is 74.9 Å². The van der Waals surface area contributed by atoms with Crippen LogP contribution in [-0.4, -0.2) is 0 Å². The van der Waals surface area contributed by atoms with Crippen molar-refractivity contribution in [3.8, 4) is 0 Å². The van der Waals surface area contributed by atoms with Gasteiger partial charge in [-0.25, -0.2) is 0 Å². The Hall–Kier alpha value is -1.04. The van der Waals surface area contributed by atoms with Crippen LogP contribution in [-0.2, 0) is 0 Å². The van der Waals surface area contributed by atoms with Crippen LogP contribution in [0.25, 0.3) is 6.08 Å². The van der Waals surface area contributed by atoms with Gasteiger partial charge < -0.3 is 0 Å². The first-order chi connectivity index (χ1) is 5.65. The lowest BCUT2D eigenvalue weighted by Gasteiger charge is -2.06. The Morgan fingerprint density at radius 3 is 1.92 bits per heavy atom. The molecule has 0 saturated carbocycles. The number of aryl methyl sites for hydroxylation is 3. The Bertz CT molecular complexity index is 283. The monoisotopic (exact) mass is 160 g/mol. The van der Waals surface area contributed by atoms with Crippen LogP contribution in [0.2, 0.25) is 0 Å². The van der Waals surface area contributed by atoms with Gasteiger partial charge in [0.2, 0.25) is 0 Å². The van der Waals surface area contributed by atoms with Gasteiger partial charge in [0.15, 0.2) is 0 Å². The smallest absolute Gasteiger partial charge is 0.0201 e. The van der Waals surface area contributed by atoms with Gasteiger partial charge in [0, 0.05) is 0 Å². The molecular weight excluding hydrogens is 144 g/mol. The lowest BCUT2D eigenvalue weighted by molar-refractivity contribution is 1.30. The molecule has 0 spiro atoms. The lowest BCUT2D eigenvalue weighted by Crippen LogP contribution is -1.87. The van der Waals surface area contributed by atoms with Crippen LogP contribution in [0.1, 0.15) is 29.2 Å². The van der Waals surface area contributed by atoms with E-state index in [9.17, 15) is 0 Å². The highest BCUT2D eigenvalue weighted by Crippen LogP contribution is 2.17. The van der Waals surface area contributed by atoms with Crippen molar-refractivity contribution in [3.63, 3.8) is 0 Å². The quantitative estimate of drug-likeness (QED) is 0.588. The third-order valence-corrected chi connectivity index (χ3v) is 2.07. The van der Waals surface area contributed by atoms with E-state index in [2.05, 4.69) is 52.0 Å². The standard InChI is InChI=1S/C12H16/c1-5-6-12-10(3)7-9(2)8-11(12)4/h5-8H,1-4H3. The molecule has 0 aliphatic rings. The zero-order valence-electron chi connectivity index (χ0n) is 8.31. The maximum atomic E-state index is 2.22. The molecule has 0 aliphatic carbocycles. The second kappa shape index (κ2) is 3.57. The van der Waals surface area contributed by atoms with Crippen LogP contribution in [0.3, 0.4) is 0 Å². The van der Waals surface area contributed by atoms with Gasteiger partial charge in [-0.05, 0) is 44.4 Å². The minimum Gasteiger partial charge on any atom is -0.0870 e. The summed E-state index contributed by atoms with van der Waals surface area (Å²) in [6.45, 7) is 8.52. The lowest BCUT2D eigenvalue weighted by atomic mass is 10.00. The minimum absolute atomic E-state index is 1.35. The van der Waals surface area contributed by atoms with Crippen LogP contribution in [0.15, 0.2) is 18.2 Å². The fourth-order valence-corrected chi connectivity index (χ4v) is 1.62. The molecule has 0 bridgehead atoms. The molecular formula is C12H16. The Balaban J connectivity index is 3.28. The molecule has 1 aromatic rings. The summed E-state index contributed by atoms with van der Waals surface area (Å²) in [5.41, 5.74) is 5.44. The predicted molar refractivity (Wildman–Crippen MR) is 55.4 cm³/mol. The highest BCUT2D eigenvalue weighted by atomic mass is 14.0. The molecule has 0 N–H and O–H groups in total. The number of hydrogen-bond acceptors (Lipinski definition) is 0. The molecule has 0 heteroatoms. The first-order valence-electron chi connectivity index (χ1n) is 4.35. The van der Waals surface area contributed by atoms with E-state index in [-0.39, 0.29) is 0 Å². The van der Waals surface area contributed by atoms with E-state index >= 15 is 0 Å². The first kappa shape index (κ1) is 9.05. The van der Waals surface area contributed by atoms with E-state index in [0.29, 0.717) is 0 Å². The molecule has 1 rings (SSSR count). The second-order valence-electron chi connectivity index (χ2n) is 3.31. The summed E-state index contributed by atoms with van der Waals surface area (Å²) in [5.74, 6) is 0. The maximum absolute atomic E-state index is 2.22. The van der Waals surface area contributed by atoms with Crippen molar-refractivity contribution in [3.05, 3.63) is 40.5 Å². The Kier molecular flexibility index (Phi) is 2.69. The molecule has 0 amide bonds. The molecule has 0 aliphatic heterocycles. The van der Waals surface area contributed by atoms with E-state index < -0.39 is 0 Å². The van der Waals surface area contributed by atoms with Crippen molar-refractivity contribution in [2.75, 3.05) is 0 Å². The van der Waals surface area contributed by atoms with Crippen molar-refractivity contribution in [2.24, 2.45) is 0 Å². The summed E-state index contributed by atoms with van der Waals surface area (Å²) in [6.07, 6.45) is 4.26.